The van der Waals surface area contributed by atoms with Crippen LogP contribution in [0.15, 0.2) is 10.6 Å². The highest BCUT2D eigenvalue weighted by atomic mass is 32.2. The van der Waals surface area contributed by atoms with Gasteiger partial charge in [-0.25, -0.2) is 4.79 Å². The molecule has 0 atom stereocenters. The molecule has 0 aliphatic heterocycles. The van der Waals surface area contributed by atoms with Crippen LogP contribution in [0.3, 0.4) is 0 Å². The zero-order valence-electron chi connectivity index (χ0n) is 6.81. The Morgan fingerprint density at radius 2 is 2.38 bits per heavy atom. The first-order valence-corrected chi connectivity index (χ1v) is 4.51. The van der Waals surface area contributed by atoms with Gasteiger partial charge in [0.25, 0.3) is 0 Å². The lowest BCUT2D eigenvalue weighted by molar-refractivity contribution is 0.0651. The smallest absolute Gasteiger partial charge is 0.374 e. The van der Waals surface area contributed by atoms with Crippen molar-refractivity contribution in [2.75, 3.05) is 5.75 Å². The molecule has 70 valence electrons. The molecule has 0 unspecified atom stereocenters. The number of carbonyl (C=O) groups is 2. The molecular weight excluding hydrogens is 194 g/mol. The summed E-state index contributed by atoms with van der Waals surface area (Å²) in [7, 11) is 0. The van der Waals surface area contributed by atoms with E-state index in [2.05, 4.69) is 9.68 Å². The van der Waals surface area contributed by atoms with Gasteiger partial charge in [-0.3, -0.25) is 4.79 Å². The van der Waals surface area contributed by atoms with E-state index in [1.165, 1.54) is 0 Å². The highest BCUT2D eigenvalue weighted by Gasteiger charge is 2.15. The number of hydrogen-bond donors (Lipinski definition) is 1. The number of aromatic carboxylic acids is 1. The summed E-state index contributed by atoms with van der Waals surface area (Å²) >= 11 is 1.06. The summed E-state index contributed by atoms with van der Waals surface area (Å²) in [5.74, 6) is -0.929. The molecule has 5 nitrogen and oxygen atoms in total. The van der Waals surface area contributed by atoms with Crippen LogP contribution in [0.25, 0.3) is 0 Å². The fourth-order valence-electron chi connectivity index (χ4n) is 0.677. The zero-order valence-corrected chi connectivity index (χ0v) is 7.63. The first-order valence-electron chi connectivity index (χ1n) is 3.52. The Morgan fingerprint density at radius 1 is 1.69 bits per heavy atom. The van der Waals surface area contributed by atoms with Gasteiger partial charge in [0.05, 0.1) is 0 Å². The molecule has 0 aliphatic carbocycles. The second-order valence-corrected chi connectivity index (χ2v) is 3.34. The Hall–Kier alpha value is -1.30. The molecule has 13 heavy (non-hydrogen) atoms. The average Bonchev–Trinajstić information content (AvgIpc) is 2.52. The molecule has 0 aromatic carbocycles. The maximum Gasteiger partial charge on any atom is 0.374 e. The molecule has 0 bridgehead atoms. The second kappa shape index (κ2) is 4.08. The van der Waals surface area contributed by atoms with E-state index in [1.54, 1.807) is 0 Å². The minimum Gasteiger partial charge on any atom is -0.475 e. The predicted molar refractivity (Wildman–Crippen MR) is 45.9 cm³/mol. The Labute approximate surface area is 78.1 Å². The predicted octanol–water partition coefficient (Wildman–Crippen LogP) is 1.27. The van der Waals surface area contributed by atoms with Crippen LogP contribution in [0.5, 0.6) is 0 Å². The summed E-state index contributed by atoms with van der Waals surface area (Å²) in [4.78, 5) is 21.5. The molecule has 0 saturated heterocycles. The van der Waals surface area contributed by atoms with Gasteiger partial charge in [-0.15, -0.1) is 0 Å². The Kier molecular flexibility index (Phi) is 3.07. The SMILES string of the molecule is CCSC(=O)c1cc(C(=O)O)on1. The van der Waals surface area contributed by atoms with Crippen molar-refractivity contribution in [3.63, 3.8) is 0 Å². The van der Waals surface area contributed by atoms with Crippen LogP contribution in [0.2, 0.25) is 0 Å². The molecule has 0 spiro atoms. The molecule has 0 radical (unpaired) electrons. The summed E-state index contributed by atoms with van der Waals surface area (Å²) in [6.45, 7) is 1.82. The van der Waals surface area contributed by atoms with Crippen molar-refractivity contribution >= 4 is 22.8 Å². The van der Waals surface area contributed by atoms with Gasteiger partial charge < -0.3 is 9.63 Å². The lowest BCUT2D eigenvalue weighted by Crippen LogP contribution is -1.94. The van der Waals surface area contributed by atoms with Gasteiger partial charge in [0.15, 0.2) is 5.69 Å². The van der Waals surface area contributed by atoms with Crippen LogP contribution in [0.4, 0.5) is 0 Å². The second-order valence-electron chi connectivity index (χ2n) is 2.10. The Balaban J connectivity index is 2.79. The molecule has 1 rings (SSSR count). The minimum atomic E-state index is -1.23. The number of hydrogen-bond acceptors (Lipinski definition) is 5. The van der Waals surface area contributed by atoms with E-state index in [4.69, 9.17) is 5.11 Å². The largest absolute Gasteiger partial charge is 0.475 e. The highest BCUT2D eigenvalue weighted by molar-refractivity contribution is 8.14. The van der Waals surface area contributed by atoms with Crippen molar-refractivity contribution in [1.29, 1.82) is 0 Å². The molecule has 0 fully saturated rings. The average molecular weight is 201 g/mol. The maximum absolute atomic E-state index is 11.1. The van der Waals surface area contributed by atoms with Crippen LogP contribution >= 0.6 is 11.8 Å². The van der Waals surface area contributed by atoms with Gasteiger partial charge in [0.1, 0.15) is 0 Å². The summed E-state index contributed by atoms with van der Waals surface area (Å²) in [5, 5.41) is 11.5. The Bertz CT molecular complexity index is 333. The lowest BCUT2D eigenvalue weighted by atomic mass is 10.4. The third kappa shape index (κ3) is 2.32. The monoisotopic (exact) mass is 201 g/mol. The van der Waals surface area contributed by atoms with Crippen molar-refractivity contribution in [2.24, 2.45) is 0 Å². The first-order chi connectivity index (χ1) is 6.15. The third-order valence-corrected chi connectivity index (χ3v) is 1.97. The number of thioether (sulfide) groups is 1. The number of carboxylic acids is 1. The maximum atomic E-state index is 11.1. The fraction of sp³-hybridized carbons (Fsp3) is 0.286. The molecular formula is C7H7NO4S. The molecule has 1 heterocycles. The van der Waals surface area contributed by atoms with E-state index in [0.29, 0.717) is 5.75 Å². The molecule has 1 aromatic heterocycles. The summed E-state index contributed by atoms with van der Waals surface area (Å²) < 4.78 is 4.41. The number of aromatic nitrogens is 1. The zero-order chi connectivity index (χ0) is 9.84. The van der Waals surface area contributed by atoms with E-state index in [1.807, 2.05) is 6.92 Å². The lowest BCUT2D eigenvalue weighted by Gasteiger charge is -1.88. The van der Waals surface area contributed by atoms with Crippen LogP contribution in [0.1, 0.15) is 28.0 Å². The standard InChI is InChI=1S/C7H7NO4S/c1-2-13-7(11)4-3-5(6(9)10)12-8-4/h3H,2H2,1H3,(H,9,10). The van der Waals surface area contributed by atoms with Crippen molar-refractivity contribution in [3.8, 4) is 0 Å². The summed E-state index contributed by atoms with van der Waals surface area (Å²) in [6.07, 6.45) is 0. The number of carbonyl (C=O) groups excluding carboxylic acids is 1. The Morgan fingerprint density at radius 3 is 2.85 bits per heavy atom. The van der Waals surface area contributed by atoms with E-state index < -0.39 is 5.97 Å². The topological polar surface area (TPSA) is 80.4 Å². The summed E-state index contributed by atoms with van der Waals surface area (Å²) in [6, 6.07) is 1.12. The van der Waals surface area contributed by atoms with E-state index in [-0.39, 0.29) is 16.6 Å². The normalized spacial score (nSPS) is 9.92. The van der Waals surface area contributed by atoms with E-state index >= 15 is 0 Å². The van der Waals surface area contributed by atoms with E-state index in [9.17, 15) is 9.59 Å². The minimum absolute atomic E-state index is 0.0456. The number of rotatable bonds is 3. The number of nitrogens with zero attached hydrogens (tertiary/aromatic N) is 1. The van der Waals surface area contributed by atoms with Crippen molar-refractivity contribution in [1.82, 2.24) is 5.16 Å². The van der Waals surface area contributed by atoms with Gasteiger partial charge in [-0.1, -0.05) is 23.8 Å². The summed E-state index contributed by atoms with van der Waals surface area (Å²) in [5.41, 5.74) is 0.0456. The highest BCUT2D eigenvalue weighted by Crippen LogP contribution is 2.12. The van der Waals surface area contributed by atoms with Gasteiger partial charge in [0.2, 0.25) is 10.9 Å². The van der Waals surface area contributed by atoms with Crippen molar-refractivity contribution in [2.45, 2.75) is 6.92 Å². The quantitative estimate of drug-likeness (QED) is 0.793. The van der Waals surface area contributed by atoms with E-state index in [0.717, 1.165) is 17.8 Å². The van der Waals surface area contributed by atoms with Crippen LogP contribution in [-0.2, 0) is 0 Å². The van der Waals surface area contributed by atoms with Crippen LogP contribution in [-0.4, -0.2) is 27.1 Å². The molecule has 0 saturated carbocycles. The fourth-order valence-corrected chi connectivity index (χ4v) is 1.18. The number of carboxylic acid groups (broad SMARTS) is 1. The van der Waals surface area contributed by atoms with Crippen LogP contribution < -0.4 is 0 Å². The molecule has 0 amide bonds. The van der Waals surface area contributed by atoms with Gasteiger partial charge >= 0.3 is 5.97 Å². The molecule has 1 aromatic rings. The van der Waals surface area contributed by atoms with Crippen molar-refractivity contribution < 1.29 is 19.2 Å². The van der Waals surface area contributed by atoms with Gasteiger partial charge in [-0.05, 0) is 5.75 Å². The molecule has 1 N–H and O–H groups in total. The molecule has 6 heteroatoms. The first kappa shape index (κ1) is 9.79. The molecule has 0 aliphatic rings. The van der Waals surface area contributed by atoms with Crippen LogP contribution in [0, 0.1) is 0 Å². The van der Waals surface area contributed by atoms with Crippen molar-refractivity contribution in [3.05, 3.63) is 17.5 Å². The third-order valence-electron chi connectivity index (χ3n) is 1.21. The van der Waals surface area contributed by atoms with Gasteiger partial charge in [0, 0.05) is 6.07 Å². The van der Waals surface area contributed by atoms with Gasteiger partial charge in [-0.2, -0.15) is 0 Å².